The number of ether oxygens (including phenoxy) is 2. The van der Waals surface area contributed by atoms with Gasteiger partial charge in [-0.1, -0.05) is 62.0 Å². The third-order valence-electron chi connectivity index (χ3n) is 11.4. The number of nitrogens with zero attached hydrogens (tertiary/aromatic N) is 2. The van der Waals surface area contributed by atoms with Crippen molar-refractivity contribution in [3.8, 4) is 16.9 Å². The first-order chi connectivity index (χ1) is 26.7. The molecule has 14 nitrogen and oxygen atoms in total. The van der Waals surface area contributed by atoms with E-state index in [0.717, 1.165) is 53.7 Å². The highest BCUT2D eigenvalue weighted by molar-refractivity contribution is 7.91. The molecule has 5 aliphatic rings. The highest BCUT2D eigenvalue weighted by Crippen LogP contribution is 2.48. The number of benzene rings is 2. The summed E-state index contributed by atoms with van der Waals surface area (Å²) in [6, 6.07) is 13.8. The summed E-state index contributed by atoms with van der Waals surface area (Å²) >= 11 is 0. The van der Waals surface area contributed by atoms with Gasteiger partial charge in [-0.3, -0.25) is 24.1 Å². The highest BCUT2D eigenvalue weighted by Gasteiger charge is 2.62. The van der Waals surface area contributed by atoms with Gasteiger partial charge in [-0.05, 0) is 101 Å². The van der Waals surface area contributed by atoms with Crippen molar-refractivity contribution in [1.82, 2.24) is 20.5 Å². The minimum atomic E-state index is -3.86. The number of oxime groups is 1. The Morgan fingerprint density at radius 3 is 2.39 bits per heavy atom. The van der Waals surface area contributed by atoms with Gasteiger partial charge in [0.05, 0.1) is 23.7 Å². The molecule has 0 aromatic heterocycles. The first-order valence-corrected chi connectivity index (χ1v) is 21.5. The van der Waals surface area contributed by atoms with E-state index < -0.39 is 68.2 Å². The molecule has 3 saturated carbocycles. The van der Waals surface area contributed by atoms with Gasteiger partial charge >= 0.3 is 6.09 Å². The number of carbonyl (C=O) groups is 4. The van der Waals surface area contributed by atoms with E-state index in [4.69, 9.17) is 14.3 Å². The molecule has 302 valence electrons. The van der Waals surface area contributed by atoms with E-state index in [0.29, 0.717) is 38.0 Å². The van der Waals surface area contributed by atoms with Crippen LogP contribution in [0.3, 0.4) is 0 Å². The summed E-state index contributed by atoms with van der Waals surface area (Å²) in [6.45, 7) is 7.79. The number of nitrogens with one attached hydrogen (secondary N) is 3. The quantitative estimate of drug-likeness (QED) is 0.285. The zero-order chi connectivity index (χ0) is 39.8. The van der Waals surface area contributed by atoms with Crippen molar-refractivity contribution < 1.29 is 41.9 Å². The number of carbonyl (C=O) groups excluding carboxylic acids is 4. The van der Waals surface area contributed by atoms with Gasteiger partial charge in [-0.25, -0.2) is 18.6 Å². The fourth-order valence-electron chi connectivity index (χ4n) is 8.21. The molecule has 56 heavy (non-hydrogen) atoms. The summed E-state index contributed by atoms with van der Waals surface area (Å²) in [5.41, 5.74) is 4.73. The Labute approximate surface area is 328 Å². The van der Waals surface area contributed by atoms with Gasteiger partial charge < -0.3 is 19.6 Å². The van der Waals surface area contributed by atoms with Crippen LogP contribution < -0.4 is 20.2 Å². The molecule has 0 spiro atoms. The predicted octanol–water partition coefficient (Wildman–Crippen LogP) is 5.34. The maximum Gasteiger partial charge on any atom is 0.426 e. The molecule has 0 saturated heterocycles. The normalized spacial score (nSPS) is 27.5. The minimum absolute atomic E-state index is 0.0891. The van der Waals surface area contributed by atoms with Gasteiger partial charge in [0.2, 0.25) is 21.8 Å². The molecule has 5 atom stereocenters. The third kappa shape index (κ3) is 8.52. The summed E-state index contributed by atoms with van der Waals surface area (Å²) in [4.78, 5) is 61.9. The average Bonchev–Trinajstić information content (AvgIpc) is 4.06. The van der Waals surface area contributed by atoms with E-state index in [2.05, 4.69) is 20.6 Å². The summed E-state index contributed by atoms with van der Waals surface area (Å²) in [7, 11) is -3.86. The summed E-state index contributed by atoms with van der Waals surface area (Å²) in [5.74, 6) is -3.30. The molecule has 4 aliphatic carbocycles. The second-order valence-corrected chi connectivity index (χ2v) is 18.7. The number of hydrogen-bond acceptors (Lipinski definition) is 10. The van der Waals surface area contributed by atoms with Gasteiger partial charge in [-0.2, -0.15) is 0 Å². The summed E-state index contributed by atoms with van der Waals surface area (Å²) in [6.07, 6.45) is 4.49. The zero-order valence-electron chi connectivity index (χ0n) is 32.6. The van der Waals surface area contributed by atoms with Gasteiger partial charge in [0.25, 0.3) is 5.91 Å². The second kappa shape index (κ2) is 15.7. The number of fused-ring (bicyclic) bond motifs is 6. The van der Waals surface area contributed by atoms with Crippen molar-refractivity contribution in [2.45, 2.75) is 121 Å². The van der Waals surface area contributed by atoms with Crippen LogP contribution in [0.15, 0.2) is 47.6 Å². The molecule has 4 amide bonds. The molecular formula is C41H53N5O9S. The monoisotopic (exact) mass is 791 g/mol. The average molecular weight is 792 g/mol. The minimum Gasteiger partial charge on any atom is -0.494 e. The van der Waals surface area contributed by atoms with Crippen LogP contribution in [0.1, 0.15) is 109 Å². The van der Waals surface area contributed by atoms with Crippen LogP contribution in [0.4, 0.5) is 4.79 Å². The van der Waals surface area contributed by atoms with Crippen LogP contribution in [0.5, 0.6) is 5.75 Å². The van der Waals surface area contributed by atoms with Crippen molar-refractivity contribution in [2.75, 3.05) is 13.2 Å². The van der Waals surface area contributed by atoms with E-state index in [-0.39, 0.29) is 31.7 Å². The molecule has 2 aromatic carbocycles. The van der Waals surface area contributed by atoms with Gasteiger partial charge in [-0.15, -0.1) is 0 Å². The van der Waals surface area contributed by atoms with Crippen molar-refractivity contribution in [3.63, 3.8) is 0 Å². The highest BCUT2D eigenvalue weighted by atomic mass is 32.2. The van der Waals surface area contributed by atoms with Crippen molar-refractivity contribution in [3.05, 3.63) is 53.6 Å². The maximum absolute atomic E-state index is 14.6. The molecule has 2 aromatic rings. The molecule has 0 radical (unpaired) electrons. The summed E-state index contributed by atoms with van der Waals surface area (Å²) < 4.78 is 39.4. The molecule has 3 N–H and O–H groups in total. The van der Waals surface area contributed by atoms with Crippen LogP contribution in [-0.2, 0) is 34.0 Å². The van der Waals surface area contributed by atoms with E-state index >= 15 is 0 Å². The molecular weight excluding hydrogens is 739 g/mol. The maximum atomic E-state index is 14.6. The molecule has 7 rings (SSSR count). The lowest BCUT2D eigenvalue weighted by molar-refractivity contribution is -0.144. The first kappa shape index (κ1) is 39.6. The molecule has 4 bridgehead atoms. The SMILES string of the molecule is CC[C@@H]1C[C@]1(NC(=O)[C@@H]1C[C@@H]2C[C@H]1C(=O)N(NC(=O)OC(C)(C)C)CCCCCCCOc1ccc3c(c1)/C(=N\O2)c1ccccc1-3)C(=O)NS(=O)(=O)C1CC1. The van der Waals surface area contributed by atoms with E-state index in [1.807, 2.05) is 49.4 Å². The third-order valence-corrected chi connectivity index (χ3v) is 13.2. The van der Waals surface area contributed by atoms with Crippen molar-refractivity contribution >= 4 is 39.5 Å². The summed E-state index contributed by atoms with van der Waals surface area (Å²) in [5, 5.41) is 8.22. The Balaban J connectivity index is 1.20. The van der Waals surface area contributed by atoms with Gasteiger partial charge in [0.15, 0.2) is 0 Å². The standard InChI is InChI=1S/C41H53N5O9S/c1-5-25-24-41(25,38(49)45-56(51,52)28-16-17-28)42-36(47)33-22-27-23-34(33)37(48)46(43-39(50)54-40(2,3)4)19-11-7-6-8-12-20-53-26-15-18-30-29-13-9-10-14-31(29)35(44-55-27)32(30)21-26/h9-10,13-15,18,21,25,27-28,33-34H,5-8,11-12,16-17,19-20,22-24H2,1-4H3,(H,42,47)(H,43,50)(H,45,49)/b44-35-/t25-,27-,33-,34-,41-/m1/s1. The molecule has 1 heterocycles. The Morgan fingerprint density at radius 2 is 1.68 bits per heavy atom. The van der Waals surface area contributed by atoms with Crippen LogP contribution in [0.25, 0.3) is 11.1 Å². The van der Waals surface area contributed by atoms with Crippen molar-refractivity contribution in [1.29, 1.82) is 0 Å². The lowest BCUT2D eigenvalue weighted by Crippen LogP contribution is -2.55. The van der Waals surface area contributed by atoms with E-state index in [9.17, 15) is 27.6 Å². The smallest absolute Gasteiger partial charge is 0.426 e. The zero-order valence-corrected chi connectivity index (χ0v) is 33.4. The molecule has 15 heteroatoms. The Bertz CT molecular complexity index is 2010. The lowest BCUT2D eigenvalue weighted by Gasteiger charge is -2.30. The largest absolute Gasteiger partial charge is 0.494 e. The number of sulfonamides is 1. The second-order valence-electron chi connectivity index (χ2n) is 16.8. The number of hydrazine groups is 1. The fraction of sp³-hybridized carbons (Fsp3) is 0.585. The Kier molecular flexibility index (Phi) is 11.1. The number of hydrogen-bond donors (Lipinski definition) is 3. The predicted molar refractivity (Wildman–Crippen MR) is 208 cm³/mol. The Hall–Kier alpha value is -4.66. The van der Waals surface area contributed by atoms with Crippen LogP contribution >= 0.6 is 0 Å². The first-order valence-electron chi connectivity index (χ1n) is 20.0. The van der Waals surface area contributed by atoms with Crippen molar-refractivity contribution in [2.24, 2.45) is 22.9 Å². The van der Waals surface area contributed by atoms with E-state index in [1.165, 1.54) is 5.01 Å². The van der Waals surface area contributed by atoms with Gasteiger partial charge in [0, 0.05) is 17.7 Å². The molecule has 0 unspecified atom stereocenters. The van der Waals surface area contributed by atoms with Crippen LogP contribution in [0.2, 0.25) is 0 Å². The fourth-order valence-corrected chi connectivity index (χ4v) is 9.57. The number of amides is 4. The number of rotatable bonds is 7. The van der Waals surface area contributed by atoms with Crippen LogP contribution in [-0.4, -0.2) is 78.6 Å². The lowest BCUT2D eigenvalue weighted by atomic mass is 9.93. The molecule has 3 fully saturated rings. The topological polar surface area (TPSA) is 182 Å². The Morgan fingerprint density at radius 1 is 0.964 bits per heavy atom. The molecule has 1 aliphatic heterocycles. The van der Waals surface area contributed by atoms with Gasteiger partial charge in [0.1, 0.15) is 28.7 Å². The van der Waals surface area contributed by atoms with E-state index in [1.54, 1.807) is 20.8 Å². The van der Waals surface area contributed by atoms with Crippen LogP contribution in [0, 0.1) is 17.8 Å².